The Balaban J connectivity index is 0.00000169. The van der Waals surface area contributed by atoms with Crippen LogP contribution in [-0.4, -0.2) is 67.9 Å². The molecule has 1 aromatic carbocycles. The van der Waals surface area contributed by atoms with Crippen molar-refractivity contribution < 1.29 is 9.59 Å². The molecule has 0 aromatic heterocycles. The molecule has 3 rings (SSSR count). The number of nitrogens with zero attached hydrogens (tertiary/aromatic N) is 2. The summed E-state index contributed by atoms with van der Waals surface area (Å²) in [6, 6.07) is 7.16. The molecule has 2 N–H and O–H groups in total. The van der Waals surface area contributed by atoms with Crippen molar-refractivity contribution in [1.82, 2.24) is 15.1 Å². The molecule has 2 fully saturated rings. The van der Waals surface area contributed by atoms with Crippen molar-refractivity contribution in [3.63, 3.8) is 0 Å². The molecular formula is C18H28Cl2N4O2. The van der Waals surface area contributed by atoms with Crippen LogP contribution in [0.1, 0.15) is 23.2 Å². The van der Waals surface area contributed by atoms with Crippen LogP contribution in [0.5, 0.6) is 0 Å². The third-order valence-electron chi connectivity index (χ3n) is 4.62. The first kappa shape index (κ1) is 22.7. The molecule has 2 amide bonds. The monoisotopic (exact) mass is 402 g/mol. The van der Waals surface area contributed by atoms with Crippen molar-refractivity contribution in [2.45, 2.75) is 12.8 Å². The molecule has 6 nitrogen and oxygen atoms in total. The predicted molar refractivity (Wildman–Crippen MR) is 109 cm³/mol. The van der Waals surface area contributed by atoms with Gasteiger partial charge in [-0.2, -0.15) is 0 Å². The SMILES string of the molecule is CN1CCN(C(=O)c2ccc(NC(=O)CNCC3CC3)cc2)CC1.Cl.Cl. The number of rotatable bonds is 6. The van der Waals surface area contributed by atoms with Crippen LogP contribution < -0.4 is 10.6 Å². The Bertz CT molecular complexity index is 585. The highest BCUT2D eigenvalue weighted by molar-refractivity contribution is 5.96. The maximum atomic E-state index is 12.5. The lowest BCUT2D eigenvalue weighted by Crippen LogP contribution is -2.47. The van der Waals surface area contributed by atoms with Crippen LogP contribution in [0, 0.1) is 5.92 Å². The van der Waals surface area contributed by atoms with E-state index in [4.69, 9.17) is 0 Å². The maximum absolute atomic E-state index is 12.5. The molecule has 1 aliphatic carbocycles. The summed E-state index contributed by atoms with van der Waals surface area (Å²) in [5, 5.41) is 6.02. The number of carbonyl (C=O) groups excluding carboxylic acids is 2. The molecule has 1 saturated heterocycles. The van der Waals surface area contributed by atoms with Crippen LogP contribution in [0.25, 0.3) is 0 Å². The second kappa shape index (κ2) is 10.7. The van der Waals surface area contributed by atoms with Gasteiger partial charge in [0.2, 0.25) is 5.91 Å². The molecule has 1 aromatic rings. The standard InChI is InChI=1S/C18H26N4O2.2ClH/c1-21-8-10-22(11-9-21)18(24)15-4-6-16(7-5-15)20-17(23)13-19-12-14-2-3-14;;/h4-7,14,19H,2-3,8-13H2,1H3,(H,20,23);2*1H. The van der Waals surface area contributed by atoms with Crippen LogP contribution in [0.3, 0.4) is 0 Å². The van der Waals surface area contributed by atoms with E-state index in [0.29, 0.717) is 12.1 Å². The average Bonchev–Trinajstić information content (AvgIpc) is 3.40. The molecule has 0 bridgehead atoms. The first-order valence-corrected chi connectivity index (χ1v) is 8.70. The molecule has 0 radical (unpaired) electrons. The number of hydrogen-bond acceptors (Lipinski definition) is 4. The number of halogens is 2. The van der Waals surface area contributed by atoms with E-state index in [1.165, 1.54) is 12.8 Å². The third kappa shape index (κ3) is 6.76. The number of hydrogen-bond donors (Lipinski definition) is 2. The zero-order valence-electron chi connectivity index (χ0n) is 15.1. The topological polar surface area (TPSA) is 64.7 Å². The average molecular weight is 403 g/mol. The van der Waals surface area contributed by atoms with E-state index >= 15 is 0 Å². The van der Waals surface area contributed by atoms with Gasteiger partial charge in [0.25, 0.3) is 5.91 Å². The van der Waals surface area contributed by atoms with E-state index in [1.54, 1.807) is 24.3 Å². The zero-order valence-corrected chi connectivity index (χ0v) is 16.7. The second-order valence-corrected chi connectivity index (χ2v) is 6.80. The number of likely N-dealkylation sites (N-methyl/N-ethyl adjacent to an activating group) is 1. The summed E-state index contributed by atoms with van der Waals surface area (Å²) >= 11 is 0. The molecular weight excluding hydrogens is 375 g/mol. The van der Waals surface area contributed by atoms with Gasteiger partial charge in [-0.3, -0.25) is 9.59 Å². The number of nitrogens with one attached hydrogen (secondary N) is 2. The highest BCUT2D eigenvalue weighted by Crippen LogP contribution is 2.27. The second-order valence-electron chi connectivity index (χ2n) is 6.80. The molecule has 26 heavy (non-hydrogen) atoms. The predicted octanol–water partition coefficient (Wildman–Crippen LogP) is 1.86. The summed E-state index contributed by atoms with van der Waals surface area (Å²) < 4.78 is 0. The molecule has 0 unspecified atom stereocenters. The highest BCUT2D eigenvalue weighted by atomic mass is 35.5. The van der Waals surface area contributed by atoms with E-state index in [0.717, 1.165) is 44.3 Å². The van der Waals surface area contributed by atoms with E-state index in [1.807, 2.05) is 4.90 Å². The van der Waals surface area contributed by atoms with Gasteiger partial charge in [-0.25, -0.2) is 0 Å². The van der Waals surface area contributed by atoms with Crippen molar-refractivity contribution in [2.75, 3.05) is 51.6 Å². The van der Waals surface area contributed by atoms with Gasteiger partial charge in [0, 0.05) is 37.4 Å². The molecule has 2 aliphatic rings. The molecule has 1 heterocycles. The highest BCUT2D eigenvalue weighted by Gasteiger charge is 2.21. The van der Waals surface area contributed by atoms with Crippen molar-refractivity contribution in [3.8, 4) is 0 Å². The van der Waals surface area contributed by atoms with Gasteiger partial charge in [-0.1, -0.05) is 0 Å². The maximum Gasteiger partial charge on any atom is 0.253 e. The Labute approximate surface area is 167 Å². The Morgan fingerprint density at radius 2 is 1.65 bits per heavy atom. The molecule has 0 atom stereocenters. The van der Waals surface area contributed by atoms with Crippen LogP contribution in [-0.2, 0) is 4.79 Å². The first-order chi connectivity index (χ1) is 11.6. The van der Waals surface area contributed by atoms with E-state index in [2.05, 4.69) is 22.6 Å². The minimum atomic E-state index is -0.0474. The zero-order chi connectivity index (χ0) is 16.9. The van der Waals surface area contributed by atoms with Gasteiger partial charge < -0.3 is 20.4 Å². The Kier molecular flexibility index (Phi) is 9.36. The van der Waals surface area contributed by atoms with Crippen molar-refractivity contribution >= 4 is 42.3 Å². The molecule has 1 saturated carbocycles. The largest absolute Gasteiger partial charge is 0.336 e. The summed E-state index contributed by atoms with van der Waals surface area (Å²) in [4.78, 5) is 28.4. The summed E-state index contributed by atoms with van der Waals surface area (Å²) in [7, 11) is 2.07. The fraction of sp³-hybridized carbons (Fsp3) is 0.556. The fourth-order valence-electron chi connectivity index (χ4n) is 2.81. The van der Waals surface area contributed by atoms with Crippen molar-refractivity contribution in [1.29, 1.82) is 0 Å². The lowest BCUT2D eigenvalue weighted by atomic mass is 10.1. The van der Waals surface area contributed by atoms with Crippen molar-refractivity contribution in [3.05, 3.63) is 29.8 Å². The minimum Gasteiger partial charge on any atom is -0.336 e. The number of benzene rings is 1. The van der Waals surface area contributed by atoms with Crippen LogP contribution >= 0.6 is 24.8 Å². The summed E-state index contributed by atoms with van der Waals surface area (Å²) in [6.45, 7) is 4.60. The summed E-state index contributed by atoms with van der Waals surface area (Å²) in [6.07, 6.45) is 2.55. The summed E-state index contributed by atoms with van der Waals surface area (Å²) in [5.41, 5.74) is 1.40. The number of amides is 2. The van der Waals surface area contributed by atoms with Gasteiger partial charge >= 0.3 is 0 Å². The third-order valence-corrected chi connectivity index (χ3v) is 4.62. The molecule has 0 spiro atoms. The van der Waals surface area contributed by atoms with E-state index < -0.39 is 0 Å². The smallest absolute Gasteiger partial charge is 0.253 e. The minimum absolute atomic E-state index is 0. The Hall–Kier alpha value is -1.34. The fourth-order valence-corrected chi connectivity index (χ4v) is 2.81. The normalized spacial score (nSPS) is 17.0. The number of carbonyl (C=O) groups is 2. The number of anilines is 1. The van der Waals surface area contributed by atoms with Gasteiger partial charge in [0.15, 0.2) is 0 Å². The number of piperazine rings is 1. The lowest BCUT2D eigenvalue weighted by Gasteiger charge is -2.32. The molecule has 1 aliphatic heterocycles. The Morgan fingerprint density at radius 1 is 1.04 bits per heavy atom. The van der Waals surface area contributed by atoms with Crippen molar-refractivity contribution in [2.24, 2.45) is 5.92 Å². The van der Waals surface area contributed by atoms with Crippen LogP contribution in [0.4, 0.5) is 5.69 Å². The van der Waals surface area contributed by atoms with E-state index in [9.17, 15) is 9.59 Å². The Morgan fingerprint density at radius 3 is 2.23 bits per heavy atom. The quantitative estimate of drug-likeness (QED) is 0.761. The molecule has 8 heteroatoms. The van der Waals surface area contributed by atoms with E-state index in [-0.39, 0.29) is 36.6 Å². The summed E-state index contributed by atoms with van der Waals surface area (Å²) in [5.74, 6) is 0.776. The lowest BCUT2D eigenvalue weighted by molar-refractivity contribution is -0.115. The van der Waals surface area contributed by atoms with Crippen LogP contribution in [0.15, 0.2) is 24.3 Å². The van der Waals surface area contributed by atoms with Gasteiger partial charge in [-0.15, -0.1) is 24.8 Å². The van der Waals surface area contributed by atoms with Gasteiger partial charge in [-0.05, 0) is 56.6 Å². The first-order valence-electron chi connectivity index (χ1n) is 8.70. The van der Waals surface area contributed by atoms with Crippen LogP contribution in [0.2, 0.25) is 0 Å². The van der Waals surface area contributed by atoms with Gasteiger partial charge in [0.05, 0.1) is 6.54 Å². The van der Waals surface area contributed by atoms with Gasteiger partial charge in [0.1, 0.15) is 0 Å². The molecule has 146 valence electrons.